The first-order valence-corrected chi connectivity index (χ1v) is 10.3. The van der Waals surface area contributed by atoms with Gasteiger partial charge in [0.25, 0.3) is 0 Å². The van der Waals surface area contributed by atoms with E-state index in [-0.39, 0.29) is 19.1 Å². The third-order valence-corrected chi connectivity index (χ3v) is 5.77. The van der Waals surface area contributed by atoms with Gasteiger partial charge in [0.2, 0.25) is 12.7 Å². The lowest BCUT2D eigenvalue weighted by Gasteiger charge is -2.27. The van der Waals surface area contributed by atoms with E-state index >= 15 is 0 Å². The van der Waals surface area contributed by atoms with Crippen LogP contribution in [-0.2, 0) is 14.3 Å². The summed E-state index contributed by atoms with van der Waals surface area (Å²) >= 11 is 5.24. The van der Waals surface area contributed by atoms with E-state index in [0.29, 0.717) is 29.4 Å². The van der Waals surface area contributed by atoms with E-state index in [1.54, 1.807) is 24.8 Å². The van der Waals surface area contributed by atoms with Gasteiger partial charge in [-0.1, -0.05) is 22.9 Å². The number of thioether (sulfide) groups is 1. The molecule has 1 amide bonds. The average molecular weight is 442 g/mol. The molecule has 0 aliphatic carbocycles. The molecule has 0 fully saturated rings. The van der Waals surface area contributed by atoms with Crippen LogP contribution in [0.1, 0.15) is 31.7 Å². The van der Waals surface area contributed by atoms with Crippen LogP contribution < -0.4 is 14.8 Å². The summed E-state index contributed by atoms with van der Waals surface area (Å²) in [5.41, 5.74) is 1.81. The van der Waals surface area contributed by atoms with Crippen molar-refractivity contribution >= 4 is 39.6 Å². The lowest BCUT2D eigenvalue weighted by atomic mass is 9.84. The Bertz CT molecular complexity index is 764. The molecule has 6 nitrogen and oxygen atoms in total. The van der Waals surface area contributed by atoms with Gasteiger partial charge in [-0.3, -0.25) is 4.79 Å². The molecule has 8 heteroatoms. The van der Waals surface area contributed by atoms with Crippen molar-refractivity contribution in [2.75, 3.05) is 24.9 Å². The highest BCUT2D eigenvalue weighted by molar-refractivity contribution is 9.10. The predicted molar refractivity (Wildman–Crippen MR) is 102 cm³/mol. The monoisotopic (exact) mass is 441 g/mol. The van der Waals surface area contributed by atoms with Crippen molar-refractivity contribution in [1.82, 2.24) is 5.32 Å². The van der Waals surface area contributed by atoms with Crippen LogP contribution in [0.2, 0.25) is 0 Å². The summed E-state index contributed by atoms with van der Waals surface area (Å²) in [7, 11) is 0. The highest BCUT2D eigenvalue weighted by Crippen LogP contribution is 2.43. The quantitative estimate of drug-likeness (QED) is 0.538. The number of benzene rings is 1. The van der Waals surface area contributed by atoms with Gasteiger partial charge >= 0.3 is 5.97 Å². The summed E-state index contributed by atoms with van der Waals surface area (Å²) in [6, 6.07) is 3.63. The molecule has 3 rings (SSSR count). The van der Waals surface area contributed by atoms with Gasteiger partial charge < -0.3 is 19.5 Å². The zero-order chi connectivity index (χ0) is 18.7. The Morgan fingerprint density at radius 1 is 1.38 bits per heavy atom. The molecule has 0 saturated carbocycles. The van der Waals surface area contributed by atoms with Gasteiger partial charge in [0.05, 0.1) is 5.57 Å². The molecular weight excluding hydrogens is 422 g/mol. The largest absolute Gasteiger partial charge is 0.461 e. The molecule has 0 saturated heterocycles. The minimum Gasteiger partial charge on any atom is -0.461 e. The van der Waals surface area contributed by atoms with Crippen molar-refractivity contribution in [3.8, 4) is 11.5 Å². The molecule has 0 spiro atoms. The molecular formula is C18H20BrNO5S. The fourth-order valence-electron chi connectivity index (χ4n) is 3.05. The number of ether oxygens (including phenoxy) is 3. The van der Waals surface area contributed by atoms with Crippen molar-refractivity contribution in [2.24, 2.45) is 0 Å². The minimum absolute atomic E-state index is 0.129. The third kappa shape index (κ3) is 4.01. The van der Waals surface area contributed by atoms with Crippen molar-refractivity contribution in [1.29, 1.82) is 0 Å². The van der Waals surface area contributed by atoms with Crippen LogP contribution in [0, 0.1) is 0 Å². The minimum atomic E-state index is -0.404. The van der Waals surface area contributed by atoms with Gasteiger partial charge in [0.1, 0.15) is 6.61 Å². The van der Waals surface area contributed by atoms with Crippen LogP contribution in [0.3, 0.4) is 0 Å². The number of esters is 1. The lowest BCUT2D eigenvalue weighted by molar-refractivity contribution is -0.139. The second-order valence-electron chi connectivity index (χ2n) is 5.90. The topological polar surface area (TPSA) is 73.9 Å². The Labute approximate surface area is 164 Å². The molecule has 140 valence electrons. The maximum atomic E-state index is 12.7. The second-order valence-corrected chi connectivity index (χ2v) is 8.15. The molecule has 2 heterocycles. The van der Waals surface area contributed by atoms with Gasteiger partial charge in [-0.05, 0) is 30.4 Å². The third-order valence-electron chi connectivity index (χ3n) is 4.22. The van der Waals surface area contributed by atoms with Gasteiger partial charge in [-0.15, -0.1) is 0 Å². The molecule has 1 aromatic rings. The molecule has 0 aromatic heterocycles. The molecule has 26 heavy (non-hydrogen) atoms. The fraction of sp³-hybridized carbons (Fsp3) is 0.444. The predicted octanol–water partition coefficient (Wildman–Crippen LogP) is 3.35. The van der Waals surface area contributed by atoms with Crippen molar-refractivity contribution in [2.45, 2.75) is 26.2 Å². The van der Waals surface area contributed by atoms with E-state index in [2.05, 4.69) is 28.2 Å². The molecule has 2 aliphatic rings. The van der Waals surface area contributed by atoms with Crippen LogP contribution in [0.5, 0.6) is 11.5 Å². The van der Waals surface area contributed by atoms with E-state index < -0.39 is 11.9 Å². The summed E-state index contributed by atoms with van der Waals surface area (Å²) in [6.07, 6.45) is 0.170. The molecule has 1 N–H and O–H groups in total. The van der Waals surface area contributed by atoms with Crippen molar-refractivity contribution in [3.63, 3.8) is 0 Å². The smallest absolute Gasteiger partial charge is 0.336 e. The molecule has 1 atom stereocenters. The van der Waals surface area contributed by atoms with E-state index in [4.69, 9.17) is 14.2 Å². The normalized spacial score (nSPS) is 18.7. The Kier molecular flexibility index (Phi) is 6.13. The second kappa shape index (κ2) is 8.35. The molecule has 0 bridgehead atoms. The first-order valence-electron chi connectivity index (χ1n) is 8.35. The number of carbonyl (C=O) groups excluding carboxylic acids is 2. The maximum Gasteiger partial charge on any atom is 0.336 e. The lowest BCUT2D eigenvalue weighted by Crippen LogP contribution is -2.34. The first-order chi connectivity index (χ1) is 12.5. The maximum absolute atomic E-state index is 12.7. The van der Waals surface area contributed by atoms with Gasteiger partial charge in [0.15, 0.2) is 11.5 Å². The van der Waals surface area contributed by atoms with Crippen LogP contribution in [0.15, 0.2) is 27.9 Å². The molecule has 0 radical (unpaired) electrons. The van der Waals surface area contributed by atoms with E-state index in [1.165, 1.54) is 0 Å². The van der Waals surface area contributed by atoms with Crippen molar-refractivity contribution in [3.05, 3.63) is 33.4 Å². The Hall–Kier alpha value is -1.67. The Morgan fingerprint density at radius 2 is 2.12 bits per heavy atom. The zero-order valence-corrected chi connectivity index (χ0v) is 17.0. The Balaban J connectivity index is 1.90. The van der Waals surface area contributed by atoms with Crippen LogP contribution in [0.25, 0.3) is 0 Å². The fourth-order valence-corrected chi connectivity index (χ4v) is 4.14. The summed E-state index contributed by atoms with van der Waals surface area (Å²) < 4.78 is 17.0. The van der Waals surface area contributed by atoms with E-state index in [9.17, 15) is 9.59 Å². The number of nitrogens with one attached hydrogen (secondary N) is 1. The van der Waals surface area contributed by atoms with E-state index in [1.807, 2.05) is 6.07 Å². The summed E-state index contributed by atoms with van der Waals surface area (Å²) in [6.45, 7) is 4.29. The number of halogens is 1. The number of hydrogen-bond donors (Lipinski definition) is 1. The number of rotatable bonds is 6. The van der Waals surface area contributed by atoms with Crippen LogP contribution in [-0.4, -0.2) is 36.8 Å². The number of amides is 1. The summed E-state index contributed by atoms with van der Waals surface area (Å²) in [5, 5.41) is 2.75. The number of fused-ring (bicyclic) bond motifs is 1. The first kappa shape index (κ1) is 19.1. The number of carbonyl (C=O) groups is 2. The van der Waals surface area contributed by atoms with Gasteiger partial charge in [-0.25, -0.2) is 4.79 Å². The van der Waals surface area contributed by atoms with E-state index in [0.717, 1.165) is 21.5 Å². The highest BCUT2D eigenvalue weighted by atomic mass is 79.9. The highest BCUT2D eigenvalue weighted by Gasteiger charge is 2.35. The summed E-state index contributed by atoms with van der Waals surface area (Å²) in [5.74, 6) is 2.05. The SMILES string of the molecule is CCSCCOC(=O)C1=C(C)NC(=O)C[C@H]1c1cc2c(cc1Br)OCO2. The number of allylic oxidation sites excluding steroid dienone is 1. The van der Waals surface area contributed by atoms with Gasteiger partial charge in [-0.2, -0.15) is 11.8 Å². The molecule has 2 aliphatic heterocycles. The Morgan fingerprint density at radius 3 is 2.85 bits per heavy atom. The standard InChI is InChI=1S/C18H20BrNO5S/c1-3-26-5-4-23-18(22)17-10(2)20-16(21)7-12(17)11-6-14-15(8-13(11)19)25-9-24-14/h6,8,12H,3-5,7,9H2,1-2H3,(H,20,21)/t12-/m0/s1. The van der Waals surface area contributed by atoms with Crippen LogP contribution in [0.4, 0.5) is 0 Å². The average Bonchev–Trinajstić information content (AvgIpc) is 3.04. The summed E-state index contributed by atoms with van der Waals surface area (Å²) in [4.78, 5) is 24.8. The van der Waals surface area contributed by atoms with Crippen molar-refractivity contribution < 1.29 is 23.8 Å². The molecule has 1 aromatic carbocycles. The van der Waals surface area contributed by atoms with Crippen LogP contribution >= 0.6 is 27.7 Å². The molecule has 0 unspecified atom stereocenters. The number of hydrogen-bond acceptors (Lipinski definition) is 6. The zero-order valence-electron chi connectivity index (χ0n) is 14.6. The van der Waals surface area contributed by atoms with Gasteiger partial charge in [0, 0.05) is 28.3 Å².